The van der Waals surface area contributed by atoms with Gasteiger partial charge in [0.1, 0.15) is 12.2 Å². The summed E-state index contributed by atoms with van der Waals surface area (Å²) in [5.41, 5.74) is 1.45. The molecule has 6 nitrogen and oxygen atoms in total. The van der Waals surface area contributed by atoms with Gasteiger partial charge in [0.2, 0.25) is 0 Å². The van der Waals surface area contributed by atoms with Crippen LogP contribution in [0.1, 0.15) is 44.3 Å². The van der Waals surface area contributed by atoms with Gasteiger partial charge in [0.25, 0.3) is 0 Å². The number of rotatable bonds is 1. The Morgan fingerprint density at radius 3 is 2.80 bits per heavy atom. The molecule has 1 spiro atoms. The van der Waals surface area contributed by atoms with Crippen LogP contribution in [-0.4, -0.2) is 29.3 Å². The number of furan rings is 1. The number of esters is 2. The predicted octanol–water partition coefficient (Wildman–Crippen LogP) is 2.29. The Hall–Kier alpha value is -2.08. The smallest absolute Gasteiger partial charge is 0.337 e. The minimum absolute atomic E-state index is 0.0399. The standard InChI is InChI=1S/C19H20O6/c1-9-6-13-15-11(2-3-12(20)16(15)17(21)24-13)19(9)7-14(25-18(19)22)10-4-5-23-8-10/h4-5,8-9,11-14,20H,2-3,6-7H2,1H3/t9-,11-,12+,13-,14+,19-/m1/s1. The molecule has 0 bridgehead atoms. The van der Waals surface area contributed by atoms with Crippen LogP contribution >= 0.6 is 0 Å². The molecule has 4 aliphatic rings. The van der Waals surface area contributed by atoms with E-state index in [1.54, 1.807) is 12.5 Å². The Kier molecular flexibility index (Phi) is 3.02. The van der Waals surface area contributed by atoms with Gasteiger partial charge in [0, 0.05) is 17.9 Å². The first kappa shape index (κ1) is 15.2. The van der Waals surface area contributed by atoms with Crippen LogP contribution in [-0.2, 0) is 19.1 Å². The maximum absolute atomic E-state index is 13.1. The number of aliphatic hydroxyl groups excluding tert-OH is 1. The van der Waals surface area contributed by atoms with E-state index in [1.807, 2.05) is 13.0 Å². The van der Waals surface area contributed by atoms with Crippen molar-refractivity contribution in [1.29, 1.82) is 0 Å². The van der Waals surface area contributed by atoms with Crippen molar-refractivity contribution < 1.29 is 28.6 Å². The van der Waals surface area contributed by atoms with E-state index in [-0.39, 0.29) is 30.0 Å². The topological polar surface area (TPSA) is 86.0 Å². The Labute approximate surface area is 144 Å². The van der Waals surface area contributed by atoms with Crippen LogP contribution in [0.5, 0.6) is 0 Å². The average molecular weight is 344 g/mol. The Morgan fingerprint density at radius 2 is 2.04 bits per heavy atom. The van der Waals surface area contributed by atoms with Gasteiger partial charge in [0.05, 0.1) is 29.6 Å². The molecule has 0 unspecified atom stereocenters. The van der Waals surface area contributed by atoms with Gasteiger partial charge < -0.3 is 19.0 Å². The fraction of sp³-hybridized carbons (Fsp3) is 0.579. The highest BCUT2D eigenvalue weighted by molar-refractivity contribution is 5.95. The minimum atomic E-state index is -0.781. The molecule has 3 heterocycles. The quantitative estimate of drug-likeness (QED) is 0.787. The van der Waals surface area contributed by atoms with Gasteiger partial charge in [-0.2, -0.15) is 0 Å². The van der Waals surface area contributed by atoms with E-state index in [2.05, 4.69) is 0 Å². The number of carbonyl (C=O) groups is 2. The zero-order valence-electron chi connectivity index (χ0n) is 13.9. The molecule has 0 aromatic carbocycles. The van der Waals surface area contributed by atoms with Gasteiger partial charge in [0.15, 0.2) is 0 Å². The highest BCUT2D eigenvalue weighted by Crippen LogP contribution is 2.62. The van der Waals surface area contributed by atoms with Crippen molar-refractivity contribution in [3.05, 3.63) is 35.3 Å². The first-order valence-corrected chi connectivity index (χ1v) is 8.88. The second kappa shape index (κ2) is 4.97. The highest BCUT2D eigenvalue weighted by atomic mass is 16.6. The number of hydrogen-bond donors (Lipinski definition) is 1. The fourth-order valence-electron chi connectivity index (χ4n) is 5.50. The predicted molar refractivity (Wildman–Crippen MR) is 84.0 cm³/mol. The van der Waals surface area contributed by atoms with E-state index in [4.69, 9.17) is 13.9 Å². The monoisotopic (exact) mass is 344 g/mol. The second-order valence-corrected chi connectivity index (χ2v) is 7.74. The summed E-state index contributed by atoms with van der Waals surface area (Å²) in [6, 6.07) is 1.82. The normalized spacial score (nSPS) is 42.6. The molecule has 2 aliphatic heterocycles. The first-order valence-electron chi connectivity index (χ1n) is 8.88. The molecule has 6 heteroatoms. The second-order valence-electron chi connectivity index (χ2n) is 7.74. The molecule has 1 N–H and O–H groups in total. The van der Waals surface area contributed by atoms with Gasteiger partial charge in [-0.25, -0.2) is 4.79 Å². The van der Waals surface area contributed by atoms with E-state index in [0.29, 0.717) is 31.3 Å². The number of cyclic esters (lactones) is 1. The summed E-state index contributed by atoms with van der Waals surface area (Å²) >= 11 is 0. The Morgan fingerprint density at radius 1 is 1.20 bits per heavy atom. The lowest BCUT2D eigenvalue weighted by Crippen LogP contribution is -2.50. The van der Waals surface area contributed by atoms with Crippen LogP contribution in [0.15, 0.2) is 34.2 Å². The van der Waals surface area contributed by atoms with E-state index in [0.717, 1.165) is 11.1 Å². The molecule has 2 aliphatic carbocycles. The van der Waals surface area contributed by atoms with E-state index in [9.17, 15) is 14.7 Å². The summed E-state index contributed by atoms with van der Waals surface area (Å²) in [6.45, 7) is 2.05. The van der Waals surface area contributed by atoms with E-state index < -0.39 is 17.5 Å². The maximum Gasteiger partial charge on any atom is 0.337 e. The van der Waals surface area contributed by atoms with Crippen molar-refractivity contribution in [2.75, 3.05) is 0 Å². The molecule has 132 valence electrons. The van der Waals surface area contributed by atoms with Crippen molar-refractivity contribution in [3.63, 3.8) is 0 Å². The molecular weight excluding hydrogens is 324 g/mol. The number of fused-ring (bicyclic) bond motifs is 1. The van der Waals surface area contributed by atoms with E-state index >= 15 is 0 Å². The van der Waals surface area contributed by atoms with Crippen LogP contribution in [0.4, 0.5) is 0 Å². The van der Waals surface area contributed by atoms with Crippen molar-refractivity contribution in [2.45, 2.75) is 50.9 Å². The zero-order chi connectivity index (χ0) is 17.3. The lowest BCUT2D eigenvalue weighted by Gasteiger charge is -2.47. The van der Waals surface area contributed by atoms with Gasteiger partial charge >= 0.3 is 11.9 Å². The molecule has 0 radical (unpaired) electrons. The number of hydrogen-bond acceptors (Lipinski definition) is 6. The molecule has 6 atom stereocenters. The summed E-state index contributed by atoms with van der Waals surface area (Å²) in [6.07, 6.45) is 4.11. The SMILES string of the molecule is C[C@@H]1C[C@H]2OC(=O)C3=C2[C@@H](CC[C@@H]3O)[C@@]12C[C@@H](c1ccoc1)OC2=O. The lowest BCUT2D eigenvalue weighted by atomic mass is 9.53. The van der Waals surface area contributed by atoms with Crippen molar-refractivity contribution >= 4 is 11.9 Å². The lowest BCUT2D eigenvalue weighted by molar-refractivity contribution is -0.156. The van der Waals surface area contributed by atoms with Crippen LogP contribution in [0.2, 0.25) is 0 Å². The fourth-order valence-corrected chi connectivity index (χ4v) is 5.50. The molecule has 2 fully saturated rings. The molecule has 1 saturated heterocycles. The first-order chi connectivity index (χ1) is 12.0. The third kappa shape index (κ3) is 1.83. The molecular formula is C19H20O6. The molecule has 1 aromatic rings. The summed E-state index contributed by atoms with van der Waals surface area (Å²) in [5, 5.41) is 10.3. The zero-order valence-corrected chi connectivity index (χ0v) is 13.9. The third-order valence-electron chi connectivity index (χ3n) is 6.70. The average Bonchev–Trinajstić information content (AvgIpc) is 3.27. The number of carbonyl (C=O) groups excluding carboxylic acids is 2. The van der Waals surface area contributed by atoms with Gasteiger partial charge in [-0.15, -0.1) is 0 Å². The molecule has 1 saturated carbocycles. The number of ether oxygens (including phenoxy) is 2. The maximum atomic E-state index is 13.1. The summed E-state index contributed by atoms with van der Waals surface area (Å²) in [5.74, 6) is -0.676. The largest absolute Gasteiger partial charge is 0.472 e. The van der Waals surface area contributed by atoms with Crippen molar-refractivity contribution in [2.24, 2.45) is 17.3 Å². The summed E-state index contributed by atoms with van der Waals surface area (Å²) in [4.78, 5) is 25.3. The summed E-state index contributed by atoms with van der Waals surface area (Å²) in [7, 11) is 0. The third-order valence-corrected chi connectivity index (χ3v) is 6.70. The van der Waals surface area contributed by atoms with Gasteiger partial charge in [-0.3, -0.25) is 4.79 Å². The minimum Gasteiger partial charge on any atom is -0.472 e. The molecule has 5 rings (SSSR count). The van der Waals surface area contributed by atoms with Crippen molar-refractivity contribution in [1.82, 2.24) is 0 Å². The molecule has 1 aromatic heterocycles. The van der Waals surface area contributed by atoms with Crippen LogP contribution < -0.4 is 0 Å². The van der Waals surface area contributed by atoms with E-state index in [1.165, 1.54) is 0 Å². The highest BCUT2D eigenvalue weighted by Gasteiger charge is 2.64. The van der Waals surface area contributed by atoms with Crippen molar-refractivity contribution in [3.8, 4) is 0 Å². The van der Waals surface area contributed by atoms with Gasteiger partial charge in [-0.1, -0.05) is 6.92 Å². The Balaban J connectivity index is 1.61. The molecule has 0 amide bonds. The van der Waals surface area contributed by atoms with Gasteiger partial charge in [-0.05, 0) is 36.8 Å². The Bertz CT molecular complexity index is 778. The van der Waals surface area contributed by atoms with Crippen LogP contribution in [0.25, 0.3) is 0 Å². The number of aliphatic hydroxyl groups is 1. The summed E-state index contributed by atoms with van der Waals surface area (Å²) < 4.78 is 16.4. The van der Waals surface area contributed by atoms with Crippen LogP contribution in [0, 0.1) is 17.3 Å². The molecule has 25 heavy (non-hydrogen) atoms. The van der Waals surface area contributed by atoms with Crippen LogP contribution in [0.3, 0.4) is 0 Å².